The van der Waals surface area contributed by atoms with Crippen molar-refractivity contribution in [2.24, 2.45) is 0 Å². The number of fused-ring (bicyclic) bond motifs is 8. The van der Waals surface area contributed by atoms with Gasteiger partial charge in [0.1, 0.15) is 0 Å². The van der Waals surface area contributed by atoms with Crippen LogP contribution in [0.1, 0.15) is 0 Å². The monoisotopic (exact) mass is 712 g/mol. The minimum absolute atomic E-state index is 1.09. The lowest BCUT2D eigenvalue weighted by molar-refractivity contribution is 1.18. The molecule has 0 spiro atoms. The lowest BCUT2D eigenvalue weighted by Gasteiger charge is -2.28. The maximum atomic E-state index is 2.45. The molecular weight excluding hydrogens is 677 g/mol. The molecular formula is C54H36N2. The van der Waals surface area contributed by atoms with Gasteiger partial charge in [-0.2, -0.15) is 0 Å². The van der Waals surface area contributed by atoms with Gasteiger partial charge < -0.3 is 9.47 Å². The van der Waals surface area contributed by atoms with Gasteiger partial charge in [-0.05, 0) is 104 Å². The first-order valence-corrected chi connectivity index (χ1v) is 19.3. The van der Waals surface area contributed by atoms with Gasteiger partial charge in [0.05, 0.1) is 16.7 Å². The zero-order valence-corrected chi connectivity index (χ0v) is 30.7. The number of rotatable bonds is 6. The molecule has 0 atom stereocenters. The Balaban J connectivity index is 1.18. The van der Waals surface area contributed by atoms with Crippen molar-refractivity contribution in [3.8, 4) is 27.9 Å². The van der Waals surface area contributed by atoms with Crippen LogP contribution in [0.2, 0.25) is 0 Å². The van der Waals surface area contributed by atoms with Gasteiger partial charge in [-0.1, -0.05) is 164 Å². The number of benzene rings is 10. The van der Waals surface area contributed by atoms with Crippen LogP contribution in [-0.2, 0) is 0 Å². The first-order chi connectivity index (χ1) is 27.8. The average Bonchev–Trinajstić information content (AvgIpc) is 3.61. The molecule has 0 unspecified atom stereocenters. The van der Waals surface area contributed by atoms with Crippen LogP contribution in [0.3, 0.4) is 0 Å². The molecule has 1 aromatic heterocycles. The van der Waals surface area contributed by atoms with E-state index in [1.807, 2.05) is 0 Å². The van der Waals surface area contributed by atoms with Crippen LogP contribution in [0.15, 0.2) is 218 Å². The molecule has 2 nitrogen and oxygen atoms in total. The molecule has 0 saturated heterocycles. The molecule has 0 saturated carbocycles. The lowest BCUT2D eigenvalue weighted by atomic mass is 9.95. The summed E-state index contributed by atoms with van der Waals surface area (Å²) >= 11 is 0. The molecule has 56 heavy (non-hydrogen) atoms. The van der Waals surface area contributed by atoms with Crippen molar-refractivity contribution in [2.45, 2.75) is 0 Å². The highest BCUT2D eigenvalue weighted by Crippen LogP contribution is 2.45. The Kier molecular flexibility index (Phi) is 7.53. The van der Waals surface area contributed by atoms with E-state index >= 15 is 0 Å². The smallest absolute Gasteiger partial charge is 0.0561 e. The Bertz CT molecular complexity index is 3250. The Morgan fingerprint density at radius 2 is 0.875 bits per heavy atom. The fourth-order valence-electron chi connectivity index (χ4n) is 8.74. The molecule has 0 fully saturated rings. The summed E-state index contributed by atoms with van der Waals surface area (Å²) in [6.07, 6.45) is 0. The molecule has 1 heterocycles. The predicted molar refractivity (Wildman–Crippen MR) is 239 cm³/mol. The van der Waals surface area contributed by atoms with E-state index in [0.29, 0.717) is 0 Å². The quantitative estimate of drug-likeness (QED) is 0.156. The van der Waals surface area contributed by atoms with E-state index in [2.05, 4.69) is 228 Å². The molecule has 2 heteroatoms. The van der Waals surface area contributed by atoms with Crippen LogP contribution in [0.25, 0.3) is 82.1 Å². The summed E-state index contributed by atoms with van der Waals surface area (Å²) in [5.41, 5.74) is 11.6. The third-order valence-corrected chi connectivity index (χ3v) is 11.3. The summed E-state index contributed by atoms with van der Waals surface area (Å²) in [5, 5.41) is 9.99. The largest absolute Gasteiger partial charge is 0.310 e. The van der Waals surface area contributed by atoms with Crippen LogP contribution in [0.5, 0.6) is 0 Å². The van der Waals surface area contributed by atoms with Crippen LogP contribution in [0, 0.1) is 0 Å². The molecule has 0 aliphatic heterocycles. The summed E-state index contributed by atoms with van der Waals surface area (Å²) in [4.78, 5) is 2.45. The highest BCUT2D eigenvalue weighted by atomic mass is 15.1. The lowest BCUT2D eigenvalue weighted by Crippen LogP contribution is -2.11. The Labute approximate surface area is 325 Å². The molecule has 10 aromatic carbocycles. The maximum Gasteiger partial charge on any atom is 0.0561 e. The van der Waals surface area contributed by atoms with Crippen LogP contribution >= 0.6 is 0 Å². The minimum atomic E-state index is 1.09. The SMILES string of the molecule is c1ccc(-c2cccc(-c3ccccc3N(c3ccc4ccc5c6ccccc6ccc5c4c3)c3ccc4c5ccccc5n(-c5ccccc5)c4c3)c2)cc1. The Hall–Kier alpha value is -7.42. The molecule has 0 radical (unpaired) electrons. The number of hydrogen-bond acceptors (Lipinski definition) is 1. The highest BCUT2D eigenvalue weighted by molar-refractivity contribution is 6.18. The van der Waals surface area contributed by atoms with Crippen LogP contribution in [-0.4, -0.2) is 4.57 Å². The van der Waals surface area contributed by atoms with E-state index in [4.69, 9.17) is 0 Å². The van der Waals surface area contributed by atoms with Gasteiger partial charge in [0.25, 0.3) is 0 Å². The van der Waals surface area contributed by atoms with E-state index in [9.17, 15) is 0 Å². The number of nitrogens with zero attached hydrogens (tertiary/aromatic N) is 2. The average molecular weight is 713 g/mol. The van der Waals surface area contributed by atoms with E-state index < -0.39 is 0 Å². The fraction of sp³-hybridized carbons (Fsp3) is 0. The van der Waals surface area contributed by atoms with Gasteiger partial charge in [0.15, 0.2) is 0 Å². The van der Waals surface area contributed by atoms with Crippen LogP contribution in [0.4, 0.5) is 17.1 Å². The normalized spacial score (nSPS) is 11.6. The van der Waals surface area contributed by atoms with E-state index in [1.54, 1.807) is 0 Å². The first kappa shape index (κ1) is 32.0. The van der Waals surface area contributed by atoms with Gasteiger partial charge in [-0.25, -0.2) is 0 Å². The van der Waals surface area contributed by atoms with E-state index in [1.165, 1.54) is 70.8 Å². The van der Waals surface area contributed by atoms with Gasteiger partial charge in [-0.3, -0.25) is 0 Å². The third-order valence-electron chi connectivity index (χ3n) is 11.3. The summed E-state index contributed by atoms with van der Waals surface area (Å²) in [5.74, 6) is 0. The van der Waals surface area contributed by atoms with Crippen molar-refractivity contribution < 1.29 is 0 Å². The summed E-state index contributed by atoms with van der Waals surface area (Å²) in [6.45, 7) is 0. The molecule has 0 N–H and O–H groups in total. The van der Waals surface area contributed by atoms with Crippen molar-refractivity contribution in [1.82, 2.24) is 4.57 Å². The van der Waals surface area contributed by atoms with Gasteiger partial charge in [-0.15, -0.1) is 0 Å². The molecule has 0 aliphatic rings. The second-order valence-electron chi connectivity index (χ2n) is 14.5. The molecule has 0 bridgehead atoms. The van der Waals surface area contributed by atoms with Gasteiger partial charge in [0.2, 0.25) is 0 Å². The van der Waals surface area contributed by atoms with Gasteiger partial charge >= 0.3 is 0 Å². The molecule has 11 rings (SSSR count). The zero-order chi connectivity index (χ0) is 37.0. The van der Waals surface area contributed by atoms with Crippen molar-refractivity contribution in [2.75, 3.05) is 4.90 Å². The second kappa shape index (κ2) is 13.2. The standard InChI is InChI=1S/C54H36N2/c1-3-14-37(15-4-1)40-17-13-18-41(34-40)46-22-9-11-24-52(46)55(43-29-26-39-28-31-47-45-21-8-7-16-38(45)27-32-48(47)51(39)35-43)44-30-33-50-49-23-10-12-25-53(49)56(54(50)36-44)42-19-5-2-6-20-42/h1-36H. The summed E-state index contributed by atoms with van der Waals surface area (Å²) in [6, 6.07) is 79.6. The molecule has 0 amide bonds. The van der Waals surface area contributed by atoms with Crippen molar-refractivity contribution >= 4 is 71.2 Å². The minimum Gasteiger partial charge on any atom is -0.310 e. The first-order valence-electron chi connectivity index (χ1n) is 19.3. The molecule has 262 valence electrons. The summed E-state index contributed by atoms with van der Waals surface area (Å²) in [7, 11) is 0. The maximum absolute atomic E-state index is 2.45. The number of anilines is 3. The zero-order valence-electron chi connectivity index (χ0n) is 30.7. The second-order valence-corrected chi connectivity index (χ2v) is 14.5. The van der Waals surface area contributed by atoms with Crippen LogP contribution < -0.4 is 4.90 Å². The highest BCUT2D eigenvalue weighted by Gasteiger charge is 2.21. The number of para-hydroxylation sites is 3. The van der Waals surface area contributed by atoms with Crippen molar-refractivity contribution in [1.29, 1.82) is 0 Å². The Morgan fingerprint density at radius 3 is 1.73 bits per heavy atom. The number of aromatic nitrogens is 1. The van der Waals surface area contributed by atoms with Crippen molar-refractivity contribution in [3.05, 3.63) is 218 Å². The summed E-state index contributed by atoms with van der Waals surface area (Å²) < 4.78 is 2.40. The number of hydrogen-bond donors (Lipinski definition) is 0. The van der Waals surface area contributed by atoms with E-state index in [0.717, 1.165) is 28.3 Å². The fourth-order valence-corrected chi connectivity index (χ4v) is 8.74. The predicted octanol–water partition coefficient (Wildman–Crippen LogP) is 15.0. The van der Waals surface area contributed by atoms with Crippen molar-refractivity contribution in [3.63, 3.8) is 0 Å². The molecule has 11 aromatic rings. The Morgan fingerprint density at radius 1 is 0.304 bits per heavy atom. The van der Waals surface area contributed by atoms with Gasteiger partial charge in [0, 0.05) is 33.4 Å². The van der Waals surface area contributed by atoms with E-state index in [-0.39, 0.29) is 0 Å². The molecule has 0 aliphatic carbocycles. The third kappa shape index (κ3) is 5.26. The topological polar surface area (TPSA) is 8.17 Å².